The molecule has 9 rings (SSSR count). The largest absolute Gasteiger partial charge is 0.456 e. The molecule has 9 aromatic rings. The minimum Gasteiger partial charge on any atom is -0.456 e. The average Bonchev–Trinajstić information content (AvgIpc) is 3.69. The van der Waals surface area contributed by atoms with Crippen LogP contribution in [0.1, 0.15) is 5.56 Å². The first-order valence-electron chi connectivity index (χ1n) is 15.3. The summed E-state index contributed by atoms with van der Waals surface area (Å²) in [6, 6.07) is 55.7. The maximum atomic E-state index is 9.73. The minimum atomic E-state index is 0.674. The number of furan rings is 1. The summed E-state index contributed by atoms with van der Waals surface area (Å²) in [5, 5.41) is 14.5. The number of hydrogen-bond acceptors (Lipinski definition) is 3. The van der Waals surface area contributed by atoms with Crippen LogP contribution in [-0.4, -0.2) is 0 Å². The lowest BCUT2D eigenvalue weighted by molar-refractivity contribution is 0.669. The molecular weight excluding hydrogens is 579 g/mol. The van der Waals surface area contributed by atoms with Gasteiger partial charge >= 0.3 is 0 Å². The van der Waals surface area contributed by atoms with Crippen LogP contribution in [0.2, 0.25) is 0 Å². The Kier molecular flexibility index (Phi) is 6.09. The fourth-order valence-electron chi connectivity index (χ4n) is 6.78. The van der Waals surface area contributed by atoms with Gasteiger partial charge in [0, 0.05) is 30.9 Å². The van der Waals surface area contributed by atoms with Gasteiger partial charge in [-0.25, -0.2) is 0 Å². The number of nitrogens with zero attached hydrogens (tertiary/aromatic N) is 1. The summed E-state index contributed by atoms with van der Waals surface area (Å²) in [6.45, 7) is 0. The molecule has 46 heavy (non-hydrogen) atoms. The highest BCUT2D eigenvalue weighted by Gasteiger charge is 2.17. The molecule has 2 aromatic heterocycles. The van der Waals surface area contributed by atoms with Crippen molar-refractivity contribution in [3.8, 4) is 50.6 Å². The van der Waals surface area contributed by atoms with Gasteiger partial charge in [0.1, 0.15) is 11.2 Å². The molecule has 0 atom stereocenters. The van der Waals surface area contributed by atoms with E-state index in [1.54, 1.807) is 0 Å². The number of fused-ring (bicyclic) bond motifs is 6. The quantitative estimate of drug-likeness (QED) is 0.201. The summed E-state index contributed by atoms with van der Waals surface area (Å²) in [4.78, 5) is 0. The second kappa shape index (κ2) is 10.6. The Balaban J connectivity index is 1.28. The van der Waals surface area contributed by atoms with Crippen LogP contribution in [-0.2, 0) is 0 Å². The second-order valence-electron chi connectivity index (χ2n) is 11.6. The Morgan fingerprint density at radius 3 is 1.85 bits per heavy atom. The number of nitriles is 1. The summed E-state index contributed by atoms with van der Waals surface area (Å²) < 4.78 is 8.77. The van der Waals surface area contributed by atoms with E-state index < -0.39 is 0 Å². The molecule has 0 spiro atoms. The van der Waals surface area contributed by atoms with Gasteiger partial charge in [0.05, 0.1) is 11.6 Å². The maximum absolute atomic E-state index is 9.73. The Labute approximate surface area is 270 Å². The van der Waals surface area contributed by atoms with E-state index in [4.69, 9.17) is 4.42 Å². The molecule has 2 nitrogen and oxygen atoms in total. The third-order valence-electron chi connectivity index (χ3n) is 8.97. The van der Waals surface area contributed by atoms with Crippen LogP contribution >= 0.6 is 11.3 Å². The number of para-hydroxylation sites is 1. The molecule has 3 heteroatoms. The van der Waals surface area contributed by atoms with Gasteiger partial charge in [-0.1, -0.05) is 109 Å². The first-order valence-corrected chi connectivity index (χ1v) is 16.1. The summed E-state index contributed by atoms with van der Waals surface area (Å²) in [6.07, 6.45) is 0. The van der Waals surface area contributed by atoms with Crippen LogP contribution in [0, 0.1) is 11.3 Å². The van der Waals surface area contributed by atoms with Crippen molar-refractivity contribution in [1.82, 2.24) is 0 Å². The molecule has 0 aliphatic rings. The van der Waals surface area contributed by atoms with Crippen LogP contribution < -0.4 is 0 Å². The van der Waals surface area contributed by atoms with Crippen LogP contribution in [0.25, 0.3) is 86.6 Å². The van der Waals surface area contributed by atoms with E-state index in [1.807, 2.05) is 47.7 Å². The second-order valence-corrected chi connectivity index (χ2v) is 12.7. The van der Waals surface area contributed by atoms with Crippen LogP contribution in [0.5, 0.6) is 0 Å². The SMILES string of the molecule is N#Cc1ccccc1-c1ccc(-c2c(-c3ccc4oc5ccccc5c4c3)cccc2-c2ccc3sc4ccccc4c3c2)cc1. The molecule has 0 fully saturated rings. The number of hydrogen-bond donors (Lipinski definition) is 0. The minimum absolute atomic E-state index is 0.674. The van der Waals surface area contributed by atoms with Gasteiger partial charge in [-0.15, -0.1) is 11.3 Å². The van der Waals surface area contributed by atoms with E-state index in [0.717, 1.165) is 49.8 Å². The molecular formula is C43H25NOS. The van der Waals surface area contributed by atoms with Gasteiger partial charge < -0.3 is 4.42 Å². The Morgan fingerprint density at radius 1 is 0.435 bits per heavy atom. The van der Waals surface area contributed by atoms with E-state index in [1.165, 1.54) is 36.9 Å². The number of benzene rings is 7. The van der Waals surface area contributed by atoms with Crippen molar-refractivity contribution in [1.29, 1.82) is 5.26 Å². The highest BCUT2D eigenvalue weighted by atomic mass is 32.1. The third kappa shape index (κ3) is 4.24. The smallest absolute Gasteiger partial charge is 0.135 e. The van der Waals surface area contributed by atoms with E-state index in [9.17, 15) is 5.26 Å². The van der Waals surface area contributed by atoms with E-state index in [-0.39, 0.29) is 0 Å². The van der Waals surface area contributed by atoms with Crippen molar-refractivity contribution in [3.63, 3.8) is 0 Å². The Morgan fingerprint density at radius 2 is 1.02 bits per heavy atom. The maximum Gasteiger partial charge on any atom is 0.135 e. The molecule has 0 saturated carbocycles. The molecule has 0 aliphatic carbocycles. The van der Waals surface area contributed by atoms with Crippen molar-refractivity contribution in [2.24, 2.45) is 0 Å². The Hall–Kier alpha value is -5.95. The molecule has 0 amide bonds. The number of rotatable bonds is 4. The van der Waals surface area contributed by atoms with Crippen LogP contribution in [0.15, 0.2) is 156 Å². The van der Waals surface area contributed by atoms with Gasteiger partial charge in [0.2, 0.25) is 0 Å². The van der Waals surface area contributed by atoms with E-state index >= 15 is 0 Å². The van der Waals surface area contributed by atoms with Crippen molar-refractivity contribution < 1.29 is 4.42 Å². The average molecular weight is 604 g/mol. The van der Waals surface area contributed by atoms with Crippen molar-refractivity contribution >= 4 is 53.4 Å². The molecule has 7 aromatic carbocycles. The predicted octanol–water partition coefficient (Wildman–Crippen LogP) is 12.5. The predicted molar refractivity (Wildman–Crippen MR) is 193 cm³/mol. The van der Waals surface area contributed by atoms with Crippen molar-refractivity contribution in [3.05, 3.63) is 157 Å². The molecule has 0 aliphatic heterocycles. The van der Waals surface area contributed by atoms with Crippen LogP contribution in [0.4, 0.5) is 0 Å². The summed E-state index contributed by atoms with van der Waals surface area (Å²) in [5.41, 5.74) is 11.4. The summed E-state index contributed by atoms with van der Waals surface area (Å²) >= 11 is 1.84. The zero-order valence-corrected chi connectivity index (χ0v) is 25.5. The molecule has 0 radical (unpaired) electrons. The first kappa shape index (κ1) is 26.5. The van der Waals surface area contributed by atoms with E-state index in [0.29, 0.717) is 5.56 Å². The van der Waals surface area contributed by atoms with E-state index in [2.05, 4.69) is 121 Å². The lowest BCUT2D eigenvalue weighted by Gasteiger charge is -2.17. The molecule has 0 saturated heterocycles. The normalized spacial score (nSPS) is 11.5. The van der Waals surface area contributed by atoms with Gasteiger partial charge in [-0.3, -0.25) is 0 Å². The topological polar surface area (TPSA) is 36.9 Å². The summed E-state index contributed by atoms with van der Waals surface area (Å²) in [7, 11) is 0. The fraction of sp³-hybridized carbons (Fsp3) is 0. The lowest BCUT2D eigenvalue weighted by Crippen LogP contribution is -1.91. The van der Waals surface area contributed by atoms with Gasteiger partial charge in [-0.2, -0.15) is 5.26 Å². The lowest BCUT2D eigenvalue weighted by atomic mass is 9.86. The van der Waals surface area contributed by atoms with Crippen LogP contribution in [0.3, 0.4) is 0 Å². The first-order chi connectivity index (χ1) is 22.7. The molecule has 0 unspecified atom stereocenters. The zero-order valence-electron chi connectivity index (χ0n) is 24.7. The molecule has 214 valence electrons. The molecule has 0 N–H and O–H groups in total. The van der Waals surface area contributed by atoms with Crippen molar-refractivity contribution in [2.75, 3.05) is 0 Å². The highest BCUT2D eigenvalue weighted by Crippen LogP contribution is 2.44. The summed E-state index contributed by atoms with van der Waals surface area (Å²) in [5.74, 6) is 0. The van der Waals surface area contributed by atoms with Gasteiger partial charge in [0.15, 0.2) is 0 Å². The zero-order chi connectivity index (χ0) is 30.6. The van der Waals surface area contributed by atoms with Gasteiger partial charge in [-0.05, 0) is 87.0 Å². The molecule has 0 bridgehead atoms. The standard InChI is InChI=1S/C43H25NOS/c44-26-31-8-1-2-9-32(31)27-16-18-28(19-17-27)43-33(29-20-22-40-37(24-29)35-10-3-5-14-39(35)45-40)12-7-13-34(43)30-21-23-42-38(25-30)36-11-4-6-15-41(36)46-42/h1-25H. The van der Waals surface area contributed by atoms with Gasteiger partial charge in [0.25, 0.3) is 0 Å². The third-order valence-corrected chi connectivity index (χ3v) is 10.1. The fourth-order valence-corrected chi connectivity index (χ4v) is 7.87. The highest BCUT2D eigenvalue weighted by molar-refractivity contribution is 7.25. The number of thiophene rings is 1. The monoisotopic (exact) mass is 603 g/mol. The molecule has 2 heterocycles. The van der Waals surface area contributed by atoms with Crippen molar-refractivity contribution in [2.45, 2.75) is 0 Å². The Bertz CT molecular complexity index is 2520.